The van der Waals surface area contributed by atoms with E-state index in [0.717, 1.165) is 12.0 Å². The number of hydrogen-bond donors (Lipinski definition) is 0. The number of hydrogen-bond acceptors (Lipinski definition) is 1. The predicted molar refractivity (Wildman–Crippen MR) is 61.3 cm³/mol. The molecule has 0 N–H and O–H groups in total. The van der Waals surface area contributed by atoms with Crippen LogP contribution in [0, 0.1) is 6.92 Å². The molecular weight excluding hydrogens is 215 g/mol. The zero-order chi connectivity index (χ0) is 11.3. The maximum absolute atomic E-state index is 12.5. The summed E-state index contributed by atoms with van der Waals surface area (Å²) < 4.78 is 18.0. The molecule has 0 aliphatic rings. The Hall–Kier alpha value is -0.760. The lowest BCUT2D eigenvalue weighted by Gasteiger charge is -2.14. The molecule has 1 nitrogen and oxygen atoms in total. The van der Waals surface area contributed by atoms with E-state index in [4.69, 9.17) is 16.3 Å². The van der Waals surface area contributed by atoms with Gasteiger partial charge in [-0.05, 0) is 31.5 Å². The Balaban J connectivity index is 2.92. The van der Waals surface area contributed by atoms with E-state index in [1.165, 1.54) is 0 Å². The van der Waals surface area contributed by atoms with Gasteiger partial charge in [-0.15, -0.1) is 0 Å². The van der Waals surface area contributed by atoms with Crippen molar-refractivity contribution in [3.63, 3.8) is 0 Å². The third kappa shape index (κ3) is 3.38. The number of benzene rings is 1. The highest BCUT2D eigenvalue weighted by Gasteiger charge is 2.12. The zero-order valence-electron chi connectivity index (χ0n) is 8.80. The van der Waals surface area contributed by atoms with Gasteiger partial charge in [-0.1, -0.05) is 18.5 Å². The van der Waals surface area contributed by atoms with Crippen molar-refractivity contribution in [3.05, 3.63) is 35.7 Å². The lowest BCUT2D eigenvalue weighted by atomic mass is 10.0. The second kappa shape index (κ2) is 5.96. The van der Waals surface area contributed by atoms with Gasteiger partial charge in [0.1, 0.15) is 5.75 Å². The van der Waals surface area contributed by atoms with E-state index < -0.39 is 12.6 Å². The molecular formula is C12H15ClFO. The SMILES string of the molecule is [CH2]C(CF)c1cc(Cl)ccc1OCCC. The summed E-state index contributed by atoms with van der Waals surface area (Å²) in [4.78, 5) is 0. The summed E-state index contributed by atoms with van der Waals surface area (Å²) in [6, 6.07) is 5.21. The van der Waals surface area contributed by atoms with Gasteiger partial charge in [0.05, 0.1) is 13.3 Å². The molecule has 1 aromatic rings. The van der Waals surface area contributed by atoms with Crippen LogP contribution >= 0.6 is 11.6 Å². The molecule has 0 saturated carbocycles. The molecule has 1 radical (unpaired) electrons. The molecule has 0 fully saturated rings. The first kappa shape index (κ1) is 12.3. The first-order chi connectivity index (χ1) is 7.19. The molecule has 1 atom stereocenters. The zero-order valence-corrected chi connectivity index (χ0v) is 9.56. The van der Waals surface area contributed by atoms with E-state index in [1.807, 2.05) is 6.92 Å². The average molecular weight is 230 g/mol. The van der Waals surface area contributed by atoms with Crippen LogP contribution in [0.4, 0.5) is 4.39 Å². The molecule has 0 aliphatic carbocycles. The van der Waals surface area contributed by atoms with E-state index in [1.54, 1.807) is 18.2 Å². The minimum Gasteiger partial charge on any atom is -0.493 e. The van der Waals surface area contributed by atoms with Crippen molar-refractivity contribution in [2.24, 2.45) is 0 Å². The fraction of sp³-hybridized carbons (Fsp3) is 0.417. The Morgan fingerprint density at radius 3 is 2.87 bits per heavy atom. The summed E-state index contributed by atoms with van der Waals surface area (Å²) in [5.74, 6) is 0.259. The monoisotopic (exact) mass is 229 g/mol. The third-order valence-corrected chi connectivity index (χ3v) is 2.29. The van der Waals surface area contributed by atoms with E-state index in [9.17, 15) is 4.39 Å². The van der Waals surface area contributed by atoms with Gasteiger partial charge in [0.2, 0.25) is 0 Å². The number of rotatable bonds is 5. The van der Waals surface area contributed by atoms with Crippen molar-refractivity contribution in [1.82, 2.24) is 0 Å². The molecule has 0 bridgehead atoms. The van der Waals surface area contributed by atoms with Gasteiger partial charge < -0.3 is 4.74 Å². The van der Waals surface area contributed by atoms with Gasteiger partial charge in [0.25, 0.3) is 0 Å². The molecule has 1 rings (SSSR count). The minimum atomic E-state index is -0.511. The Kier molecular flexibility index (Phi) is 4.89. The molecule has 0 saturated heterocycles. The van der Waals surface area contributed by atoms with Gasteiger partial charge >= 0.3 is 0 Å². The van der Waals surface area contributed by atoms with Crippen molar-refractivity contribution < 1.29 is 9.13 Å². The number of halogens is 2. The van der Waals surface area contributed by atoms with Gasteiger partial charge in [0, 0.05) is 16.5 Å². The van der Waals surface area contributed by atoms with Crippen LogP contribution < -0.4 is 4.74 Å². The molecule has 83 valence electrons. The van der Waals surface area contributed by atoms with Crippen molar-refractivity contribution in [3.8, 4) is 5.75 Å². The van der Waals surface area contributed by atoms with Gasteiger partial charge in [-0.3, -0.25) is 4.39 Å². The van der Waals surface area contributed by atoms with Crippen LogP contribution in [0.25, 0.3) is 0 Å². The van der Waals surface area contributed by atoms with Crippen molar-refractivity contribution >= 4 is 11.6 Å². The summed E-state index contributed by atoms with van der Waals surface area (Å²) in [6.07, 6.45) is 0.916. The maximum Gasteiger partial charge on any atom is 0.122 e. The van der Waals surface area contributed by atoms with Crippen LogP contribution in [0.3, 0.4) is 0 Å². The molecule has 0 aliphatic heterocycles. The Morgan fingerprint density at radius 1 is 1.53 bits per heavy atom. The molecule has 0 spiro atoms. The van der Waals surface area contributed by atoms with Crippen LogP contribution in [-0.2, 0) is 0 Å². The summed E-state index contributed by atoms with van der Waals surface area (Å²) >= 11 is 5.85. The Labute approximate surface area is 95.2 Å². The summed E-state index contributed by atoms with van der Waals surface area (Å²) in [5.41, 5.74) is 0.735. The first-order valence-electron chi connectivity index (χ1n) is 5.00. The van der Waals surface area contributed by atoms with E-state index in [2.05, 4.69) is 6.92 Å². The highest BCUT2D eigenvalue weighted by atomic mass is 35.5. The van der Waals surface area contributed by atoms with Crippen LogP contribution in [0.15, 0.2) is 18.2 Å². The molecule has 0 heterocycles. The summed E-state index contributed by atoms with van der Waals surface area (Å²) in [6.45, 7) is 5.85. The second-order valence-corrected chi connectivity index (χ2v) is 3.82. The fourth-order valence-corrected chi connectivity index (χ4v) is 1.45. The lowest BCUT2D eigenvalue weighted by molar-refractivity contribution is 0.311. The van der Waals surface area contributed by atoms with Gasteiger partial charge in [0.15, 0.2) is 0 Å². The van der Waals surface area contributed by atoms with Crippen molar-refractivity contribution in [1.29, 1.82) is 0 Å². The smallest absolute Gasteiger partial charge is 0.122 e. The van der Waals surface area contributed by atoms with E-state index in [-0.39, 0.29) is 0 Å². The van der Waals surface area contributed by atoms with Crippen LogP contribution in [0.2, 0.25) is 5.02 Å². The largest absolute Gasteiger partial charge is 0.493 e. The van der Waals surface area contributed by atoms with Crippen molar-refractivity contribution in [2.45, 2.75) is 19.3 Å². The highest BCUT2D eigenvalue weighted by Crippen LogP contribution is 2.29. The lowest BCUT2D eigenvalue weighted by Crippen LogP contribution is -2.03. The Bertz CT molecular complexity index is 314. The average Bonchev–Trinajstić information content (AvgIpc) is 2.26. The summed E-state index contributed by atoms with van der Waals surface area (Å²) in [5, 5.41) is 0.580. The highest BCUT2D eigenvalue weighted by molar-refractivity contribution is 6.30. The molecule has 15 heavy (non-hydrogen) atoms. The number of ether oxygens (including phenoxy) is 1. The van der Waals surface area contributed by atoms with E-state index >= 15 is 0 Å². The number of alkyl halides is 1. The molecule has 0 aromatic heterocycles. The van der Waals surface area contributed by atoms with Crippen LogP contribution in [-0.4, -0.2) is 13.3 Å². The van der Waals surface area contributed by atoms with E-state index in [0.29, 0.717) is 17.4 Å². The topological polar surface area (TPSA) is 9.23 Å². The summed E-state index contributed by atoms with van der Waals surface area (Å²) in [7, 11) is 0. The quantitative estimate of drug-likeness (QED) is 0.741. The second-order valence-electron chi connectivity index (χ2n) is 3.38. The Morgan fingerprint density at radius 2 is 2.27 bits per heavy atom. The molecule has 1 unspecified atom stereocenters. The third-order valence-electron chi connectivity index (χ3n) is 2.06. The molecule has 3 heteroatoms. The van der Waals surface area contributed by atoms with Crippen LogP contribution in [0.1, 0.15) is 24.8 Å². The van der Waals surface area contributed by atoms with Gasteiger partial charge in [-0.25, -0.2) is 0 Å². The molecule has 0 amide bonds. The molecule has 1 aromatic carbocycles. The minimum absolute atomic E-state index is 0.421. The standard InChI is InChI=1S/C12H15ClFO/c1-3-6-15-12-5-4-10(13)7-11(12)9(2)8-14/h4-5,7,9H,2-3,6,8H2,1H3. The van der Waals surface area contributed by atoms with Crippen molar-refractivity contribution in [2.75, 3.05) is 13.3 Å². The fourth-order valence-electron chi connectivity index (χ4n) is 1.26. The normalized spacial score (nSPS) is 12.5. The van der Waals surface area contributed by atoms with Crippen LogP contribution in [0.5, 0.6) is 5.75 Å². The van der Waals surface area contributed by atoms with Gasteiger partial charge in [-0.2, -0.15) is 0 Å². The predicted octanol–water partition coefficient (Wildman–Crippen LogP) is 4.02. The first-order valence-corrected chi connectivity index (χ1v) is 5.38. The maximum atomic E-state index is 12.5.